The van der Waals surface area contributed by atoms with Crippen molar-refractivity contribution in [2.24, 2.45) is 17.6 Å². The number of hydrogen-bond donors (Lipinski definition) is 1. The number of carbonyl (C=O) groups excluding carboxylic acids is 1. The molecule has 2 fully saturated rings. The fourth-order valence-corrected chi connectivity index (χ4v) is 2.99. The Kier molecular flexibility index (Phi) is 4.62. The molecule has 4 nitrogen and oxygen atoms in total. The number of hydrogen-bond acceptors (Lipinski definition) is 3. The van der Waals surface area contributed by atoms with Gasteiger partial charge in [-0.25, -0.2) is 0 Å². The van der Waals surface area contributed by atoms with Gasteiger partial charge in [0, 0.05) is 19.1 Å². The Morgan fingerprint density at radius 1 is 1.33 bits per heavy atom. The molecule has 0 bridgehead atoms. The van der Waals surface area contributed by atoms with Crippen LogP contribution in [0.1, 0.15) is 33.1 Å². The fraction of sp³-hybridized carbons (Fsp3) is 0.929. The molecule has 2 N–H and O–H groups in total. The van der Waals surface area contributed by atoms with Gasteiger partial charge in [-0.1, -0.05) is 13.8 Å². The van der Waals surface area contributed by atoms with Crippen LogP contribution in [0.5, 0.6) is 0 Å². The lowest BCUT2D eigenvalue weighted by Crippen LogP contribution is -2.46. The van der Waals surface area contributed by atoms with E-state index in [1.165, 1.54) is 25.9 Å². The highest BCUT2D eigenvalue weighted by Crippen LogP contribution is 2.31. The monoisotopic (exact) mass is 253 g/mol. The summed E-state index contributed by atoms with van der Waals surface area (Å²) < 4.78 is 0. The van der Waals surface area contributed by atoms with E-state index >= 15 is 0 Å². The van der Waals surface area contributed by atoms with E-state index in [2.05, 4.69) is 23.6 Å². The molecule has 1 aliphatic heterocycles. The second-order valence-corrected chi connectivity index (χ2v) is 6.30. The van der Waals surface area contributed by atoms with Gasteiger partial charge in [-0.3, -0.25) is 14.6 Å². The van der Waals surface area contributed by atoms with Crippen LogP contribution in [0.2, 0.25) is 0 Å². The molecule has 0 aromatic heterocycles. The first-order chi connectivity index (χ1) is 8.56. The molecule has 1 saturated carbocycles. The molecule has 0 spiro atoms. The fourth-order valence-electron chi connectivity index (χ4n) is 2.99. The largest absolute Gasteiger partial charge is 0.369 e. The van der Waals surface area contributed by atoms with Crippen LogP contribution in [0.4, 0.5) is 0 Å². The highest BCUT2D eigenvalue weighted by molar-refractivity contribution is 5.75. The predicted molar refractivity (Wildman–Crippen MR) is 73.2 cm³/mol. The van der Waals surface area contributed by atoms with Crippen molar-refractivity contribution in [3.63, 3.8) is 0 Å². The Morgan fingerprint density at radius 2 is 2.06 bits per heavy atom. The summed E-state index contributed by atoms with van der Waals surface area (Å²) in [5.74, 6) is 1.37. The molecule has 1 saturated heterocycles. The summed E-state index contributed by atoms with van der Waals surface area (Å²) in [7, 11) is 0. The van der Waals surface area contributed by atoms with Crippen LogP contribution in [0.25, 0.3) is 0 Å². The zero-order valence-electron chi connectivity index (χ0n) is 11.8. The summed E-state index contributed by atoms with van der Waals surface area (Å²) in [6.45, 7) is 9.43. The minimum Gasteiger partial charge on any atom is -0.369 e. The van der Waals surface area contributed by atoms with Gasteiger partial charge in [-0.05, 0) is 44.2 Å². The molecule has 104 valence electrons. The first-order valence-corrected chi connectivity index (χ1v) is 7.31. The molecular weight excluding hydrogens is 226 g/mol. The molecule has 1 atom stereocenters. The van der Waals surface area contributed by atoms with Gasteiger partial charge < -0.3 is 5.73 Å². The third-order valence-electron chi connectivity index (χ3n) is 4.17. The van der Waals surface area contributed by atoms with Crippen LogP contribution in [-0.2, 0) is 4.79 Å². The predicted octanol–water partition coefficient (Wildman–Crippen LogP) is 0.914. The second kappa shape index (κ2) is 6.02. The van der Waals surface area contributed by atoms with E-state index in [0.29, 0.717) is 18.5 Å². The van der Waals surface area contributed by atoms with Gasteiger partial charge >= 0.3 is 0 Å². The summed E-state index contributed by atoms with van der Waals surface area (Å²) in [5, 5.41) is 0. The smallest absolute Gasteiger partial charge is 0.231 e. The molecule has 2 rings (SSSR count). The summed E-state index contributed by atoms with van der Waals surface area (Å²) in [6, 6.07) is 0.576. The average Bonchev–Trinajstić information content (AvgIpc) is 3.07. The zero-order valence-corrected chi connectivity index (χ0v) is 11.8. The van der Waals surface area contributed by atoms with Gasteiger partial charge in [-0.2, -0.15) is 0 Å². The van der Waals surface area contributed by atoms with E-state index in [9.17, 15) is 4.79 Å². The number of amides is 1. The second-order valence-electron chi connectivity index (χ2n) is 6.30. The highest BCUT2D eigenvalue weighted by atomic mass is 16.1. The molecule has 18 heavy (non-hydrogen) atoms. The normalized spacial score (nSPS) is 27.4. The third-order valence-corrected chi connectivity index (χ3v) is 4.17. The van der Waals surface area contributed by atoms with Crippen LogP contribution < -0.4 is 5.73 Å². The number of carbonyl (C=O) groups is 1. The Hall–Kier alpha value is -0.610. The molecule has 1 aliphatic carbocycles. The lowest BCUT2D eigenvalue weighted by molar-refractivity contribution is -0.119. The van der Waals surface area contributed by atoms with Gasteiger partial charge in [-0.15, -0.1) is 0 Å². The summed E-state index contributed by atoms with van der Waals surface area (Å²) in [5.41, 5.74) is 5.33. The number of nitrogens with zero attached hydrogens (tertiary/aromatic N) is 2. The van der Waals surface area contributed by atoms with Crippen molar-refractivity contribution in [2.45, 2.75) is 39.2 Å². The summed E-state index contributed by atoms with van der Waals surface area (Å²) >= 11 is 0. The topological polar surface area (TPSA) is 49.6 Å². The maximum absolute atomic E-state index is 11.1. The zero-order chi connectivity index (χ0) is 13.1. The molecule has 4 heteroatoms. The average molecular weight is 253 g/mol. The van der Waals surface area contributed by atoms with Crippen molar-refractivity contribution in [3.05, 3.63) is 0 Å². The van der Waals surface area contributed by atoms with E-state index in [1.807, 2.05) is 0 Å². The first-order valence-electron chi connectivity index (χ1n) is 7.31. The molecule has 1 amide bonds. The van der Waals surface area contributed by atoms with E-state index in [1.54, 1.807) is 0 Å². The van der Waals surface area contributed by atoms with Gasteiger partial charge in [0.25, 0.3) is 0 Å². The van der Waals surface area contributed by atoms with Crippen molar-refractivity contribution in [3.8, 4) is 0 Å². The van der Waals surface area contributed by atoms with Crippen molar-refractivity contribution < 1.29 is 4.79 Å². The first kappa shape index (κ1) is 13.8. The highest BCUT2D eigenvalue weighted by Gasteiger charge is 2.32. The standard InChI is InChI=1S/C14H27N3O/c1-11(2)13-9-16(10-14(15)18)6-3-7-17(13)8-12-4-5-12/h11-13H,3-10H2,1-2H3,(H2,15,18). The van der Waals surface area contributed by atoms with Crippen LogP contribution in [0.3, 0.4) is 0 Å². The van der Waals surface area contributed by atoms with Crippen molar-refractivity contribution in [1.82, 2.24) is 9.80 Å². The Labute approximate surface area is 110 Å². The number of primary amides is 1. The maximum atomic E-state index is 11.1. The Bertz CT molecular complexity index is 289. The van der Waals surface area contributed by atoms with Crippen LogP contribution >= 0.6 is 0 Å². The van der Waals surface area contributed by atoms with E-state index in [-0.39, 0.29) is 5.91 Å². The maximum Gasteiger partial charge on any atom is 0.231 e. The molecule has 0 aromatic carbocycles. The van der Waals surface area contributed by atoms with Crippen LogP contribution in [0.15, 0.2) is 0 Å². The Balaban J connectivity index is 1.96. The van der Waals surface area contributed by atoms with Gasteiger partial charge in [0.15, 0.2) is 0 Å². The third kappa shape index (κ3) is 3.95. The number of nitrogens with two attached hydrogens (primary N) is 1. The van der Waals surface area contributed by atoms with Crippen molar-refractivity contribution >= 4 is 5.91 Å². The summed E-state index contributed by atoms with van der Waals surface area (Å²) in [4.78, 5) is 16.0. The lowest BCUT2D eigenvalue weighted by atomic mass is 10.0. The van der Waals surface area contributed by atoms with Gasteiger partial charge in [0.05, 0.1) is 6.54 Å². The van der Waals surface area contributed by atoms with Crippen LogP contribution in [-0.4, -0.2) is 54.5 Å². The summed E-state index contributed by atoms with van der Waals surface area (Å²) in [6.07, 6.45) is 3.97. The van der Waals surface area contributed by atoms with Gasteiger partial charge in [0.1, 0.15) is 0 Å². The van der Waals surface area contributed by atoms with Gasteiger partial charge in [0.2, 0.25) is 5.91 Å². The molecule has 1 heterocycles. The minimum atomic E-state index is -0.201. The molecule has 2 aliphatic rings. The van der Waals surface area contributed by atoms with E-state index in [0.717, 1.165) is 25.4 Å². The number of rotatable bonds is 5. The molecule has 0 radical (unpaired) electrons. The van der Waals surface area contributed by atoms with E-state index in [4.69, 9.17) is 5.73 Å². The SMILES string of the molecule is CC(C)C1CN(CC(N)=O)CCCN1CC1CC1. The molecule has 1 unspecified atom stereocenters. The van der Waals surface area contributed by atoms with Crippen molar-refractivity contribution in [2.75, 3.05) is 32.7 Å². The molecule has 0 aromatic rings. The minimum absolute atomic E-state index is 0.201. The van der Waals surface area contributed by atoms with Crippen molar-refractivity contribution in [1.29, 1.82) is 0 Å². The van der Waals surface area contributed by atoms with E-state index < -0.39 is 0 Å². The quantitative estimate of drug-likeness (QED) is 0.792. The van der Waals surface area contributed by atoms with Crippen LogP contribution in [0, 0.1) is 11.8 Å². The Morgan fingerprint density at radius 3 is 2.61 bits per heavy atom. The molecular formula is C14H27N3O. The lowest BCUT2D eigenvalue weighted by Gasteiger charge is -2.34.